The zero-order valence-electron chi connectivity index (χ0n) is 13.2. The quantitative estimate of drug-likeness (QED) is 0.614. The van der Waals surface area contributed by atoms with E-state index in [-0.39, 0.29) is 32.8 Å². The molecule has 25 heavy (non-hydrogen) atoms. The summed E-state index contributed by atoms with van der Waals surface area (Å²) in [6, 6.07) is 9.47. The molecule has 2 aromatic carbocycles. The van der Waals surface area contributed by atoms with Gasteiger partial charge < -0.3 is 4.74 Å². The van der Waals surface area contributed by atoms with E-state index in [0.717, 1.165) is 9.54 Å². The fraction of sp³-hybridized carbons (Fsp3) is 0.176. The van der Waals surface area contributed by atoms with E-state index in [9.17, 15) is 12.8 Å². The van der Waals surface area contributed by atoms with Crippen LogP contribution in [0.25, 0.3) is 10.9 Å². The molecule has 0 amide bonds. The van der Waals surface area contributed by atoms with Crippen molar-refractivity contribution in [1.82, 2.24) is 3.97 Å². The van der Waals surface area contributed by atoms with Crippen LogP contribution in [0.3, 0.4) is 0 Å². The first-order chi connectivity index (χ1) is 11.9. The number of aryl methyl sites for hydroxylation is 1. The molecular formula is C17H14Cl2FNO3S. The van der Waals surface area contributed by atoms with Gasteiger partial charge in [-0.05, 0) is 25.1 Å². The summed E-state index contributed by atoms with van der Waals surface area (Å²) in [6.07, 6.45) is 1.38. The Balaban J connectivity index is 2.23. The number of halogens is 3. The van der Waals surface area contributed by atoms with Gasteiger partial charge in [0.2, 0.25) is 0 Å². The lowest BCUT2D eigenvalue weighted by Gasteiger charge is -2.12. The van der Waals surface area contributed by atoms with Crippen molar-refractivity contribution < 1.29 is 17.5 Å². The van der Waals surface area contributed by atoms with Crippen LogP contribution in [0.2, 0.25) is 10.0 Å². The number of fused-ring (bicyclic) bond motifs is 1. The van der Waals surface area contributed by atoms with Crippen LogP contribution >= 0.6 is 23.2 Å². The molecule has 0 fully saturated rings. The summed E-state index contributed by atoms with van der Waals surface area (Å²) in [5.41, 5.74) is 1.14. The van der Waals surface area contributed by atoms with Gasteiger partial charge in [0, 0.05) is 17.6 Å². The van der Waals surface area contributed by atoms with E-state index in [0.29, 0.717) is 5.39 Å². The van der Waals surface area contributed by atoms with Gasteiger partial charge in [-0.1, -0.05) is 40.9 Å². The van der Waals surface area contributed by atoms with Crippen molar-refractivity contribution in [3.05, 3.63) is 58.2 Å². The number of hydrogen-bond acceptors (Lipinski definition) is 3. The van der Waals surface area contributed by atoms with E-state index in [1.54, 1.807) is 18.2 Å². The van der Waals surface area contributed by atoms with Crippen LogP contribution in [0.1, 0.15) is 5.56 Å². The van der Waals surface area contributed by atoms with E-state index in [1.165, 1.54) is 24.4 Å². The Morgan fingerprint density at radius 1 is 1.16 bits per heavy atom. The Morgan fingerprint density at radius 2 is 1.84 bits per heavy atom. The lowest BCUT2D eigenvalue weighted by molar-refractivity contribution is 0.276. The molecule has 4 nitrogen and oxygen atoms in total. The van der Waals surface area contributed by atoms with Crippen LogP contribution in [0.5, 0.6) is 5.75 Å². The summed E-state index contributed by atoms with van der Waals surface area (Å²) in [6.45, 7) is 1.03. The lowest BCUT2D eigenvalue weighted by Crippen LogP contribution is -2.12. The molecule has 3 rings (SSSR count). The summed E-state index contributed by atoms with van der Waals surface area (Å²) < 4.78 is 44.7. The summed E-state index contributed by atoms with van der Waals surface area (Å²) in [7, 11) is -3.87. The average Bonchev–Trinajstić information content (AvgIpc) is 3.03. The van der Waals surface area contributed by atoms with Crippen molar-refractivity contribution in [2.24, 2.45) is 0 Å². The molecule has 0 atom stereocenters. The Kier molecular flexibility index (Phi) is 4.95. The normalized spacial score (nSPS) is 11.8. The van der Waals surface area contributed by atoms with Crippen LogP contribution in [0, 0.1) is 6.92 Å². The van der Waals surface area contributed by atoms with Crippen LogP contribution in [-0.4, -0.2) is 25.7 Å². The highest BCUT2D eigenvalue weighted by atomic mass is 35.5. The summed E-state index contributed by atoms with van der Waals surface area (Å²) in [5.74, 6) is 0.278. The number of aromatic nitrogens is 1. The summed E-state index contributed by atoms with van der Waals surface area (Å²) in [5, 5.41) is 0.658. The molecule has 0 radical (unpaired) electrons. The number of rotatable bonds is 5. The first-order valence-corrected chi connectivity index (χ1v) is 9.56. The SMILES string of the molecule is Cc1ccc(S(=O)(=O)n2ccc3c(OCCF)cc(Cl)c(Cl)c32)cc1. The predicted octanol–water partition coefficient (Wildman–Crippen LogP) is 4.84. The maximum absolute atomic E-state index is 13.0. The molecule has 0 aliphatic carbocycles. The Labute approximate surface area is 154 Å². The Morgan fingerprint density at radius 3 is 2.48 bits per heavy atom. The largest absolute Gasteiger partial charge is 0.490 e. The minimum Gasteiger partial charge on any atom is -0.490 e. The summed E-state index contributed by atoms with van der Waals surface area (Å²) in [4.78, 5) is 0.123. The first-order valence-electron chi connectivity index (χ1n) is 7.36. The van der Waals surface area contributed by atoms with Crippen LogP contribution in [0.15, 0.2) is 47.5 Å². The molecule has 0 unspecified atom stereocenters. The summed E-state index contributed by atoms with van der Waals surface area (Å²) >= 11 is 12.4. The second-order valence-electron chi connectivity index (χ2n) is 5.40. The standard InChI is InChI=1S/C17H14Cl2FNO3S/c1-11-2-4-12(5-3-11)25(22,23)21-8-6-13-15(24-9-7-20)10-14(18)16(19)17(13)21/h2-6,8,10H,7,9H2,1H3. The number of alkyl halides is 1. The van der Waals surface area contributed by atoms with Crippen molar-refractivity contribution >= 4 is 44.1 Å². The second-order valence-corrected chi connectivity index (χ2v) is 8.00. The molecule has 132 valence electrons. The van der Waals surface area contributed by atoms with Gasteiger partial charge >= 0.3 is 0 Å². The van der Waals surface area contributed by atoms with Crippen LogP contribution in [-0.2, 0) is 10.0 Å². The molecule has 0 aliphatic heterocycles. The molecule has 1 heterocycles. The zero-order chi connectivity index (χ0) is 18.2. The third kappa shape index (κ3) is 3.21. The van der Waals surface area contributed by atoms with Gasteiger partial charge in [-0.25, -0.2) is 16.8 Å². The van der Waals surface area contributed by atoms with Gasteiger partial charge in [-0.15, -0.1) is 0 Å². The van der Waals surface area contributed by atoms with Gasteiger partial charge in [0.05, 0.1) is 20.5 Å². The smallest absolute Gasteiger partial charge is 0.268 e. The van der Waals surface area contributed by atoms with E-state index < -0.39 is 16.7 Å². The van der Waals surface area contributed by atoms with E-state index in [4.69, 9.17) is 27.9 Å². The monoisotopic (exact) mass is 401 g/mol. The number of hydrogen-bond donors (Lipinski definition) is 0. The predicted molar refractivity (Wildman–Crippen MR) is 97.2 cm³/mol. The van der Waals surface area contributed by atoms with E-state index in [1.807, 2.05) is 6.92 Å². The maximum Gasteiger partial charge on any atom is 0.268 e. The average molecular weight is 402 g/mol. The first kappa shape index (κ1) is 18.0. The molecule has 3 aromatic rings. The number of nitrogens with zero attached hydrogens (tertiary/aromatic N) is 1. The minimum atomic E-state index is -3.87. The van der Waals surface area contributed by atoms with Crippen molar-refractivity contribution in [2.75, 3.05) is 13.3 Å². The van der Waals surface area contributed by atoms with Gasteiger partial charge in [-0.2, -0.15) is 0 Å². The molecule has 0 spiro atoms. The zero-order valence-corrected chi connectivity index (χ0v) is 15.5. The van der Waals surface area contributed by atoms with Gasteiger partial charge in [-0.3, -0.25) is 0 Å². The van der Waals surface area contributed by atoms with Crippen molar-refractivity contribution in [2.45, 2.75) is 11.8 Å². The van der Waals surface area contributed by atoms with Crippen LogP contribution in [0.4, 0.5) is 4.39 Å². The molecule has 8 heteroatoms. The third-order valence-electron chi connectivity index (χ3n) is 3.71. The van der Waals surface area contributed by atoms with Gasteiger partial charge in [0.1, 0.15) is 19.0 Å². The van der Waals surface area contributed by atoms with E-state index >= 15 is 0 Å². The third-order valence-corrected chi connectivity index (χ3v) is 6.17. The Bertz CT molecular complexity index is 1030. The van der Waals surface area contributed by atoms with Crippen LogP contribution < -0.4 is 4.74 Å². The molecular weight excluding hydrogens is 388 g/mol. The fourth-order valence-electron chi connectivity index (χ4n) is 2.49. The molecule has 0 saturated heterocycles. The number of benzene rings is 2. The molecule has 0 N–H and O–H groups in total. The van der Waals surface area contributed by atoms with E-state index in [2.05, 4.69) is 0 Å². The highest BCUT2D eigenvalue weighted by Gasteiger charge is 2.23. The van der Waals surface area contributed by atoms with Gasteiger partial charge in [0.15, 0.2) is 0 Å². The maximum atomic E-state index is 13.0. The topological polar surface area (TPSA) is 48.3 Å². The number of ether oxygens (including phenoxy) is 1. The van der Waals surface area contributed by atoms with Crippen molar-refractivity contribution in [3.63, 3.8) is 0 Å². The molecule has 0 bridgehead atoms. The van der Waals surface area contributed by atoms with Crippen molar-refractivity contribution in [3.8, 4) is 5.75 Å². The molecule has 1 aromatic heterocycles. The van der Waals surface area contributed by atoms with Gasteiger partial charge in [0.25, 0.3) is 10.0 Å². The fourth-order valence-corrected chi connectivity index (χ4v) is 4.33. The lowest BCUT2D eigenvalue weighted by atomic mass is 10.2. The minimum absolute atomic E-state index is 0.0879. The second kappa shape index (κ2) is 6.86. The highest BCUT2D eigenvalue weighted by Crippen LogP contribution is 2.39. The Hall–Kier alpha value is -1.76. The molecule has 0 aliphatic rings. The van der Waals surface area contributed by atoms with Crippen molar-refractivity contribution in [1.29, 1.82) is 0 Å². The molecule has 0 saturated carbocycles. The highest BCUT2D eigenvalue weighted by molar-refractivity contribution is 7.90.